The molecule has 2 amide bonds. The molecular formula is C15H14F2N4O3. The highest BCUT2D eigenvalue weighted by Gasteiger charge is 2.24. The number of carbonyl (C=O) groups is 2. The number of amides is 2. The Morgan fingerprint density at radius 1 is 1.17 bits per heavy atom. The molecule has 0 saturated heterocycles. The van der Waals surface area contributed by atoms with Gasteiger partial charge in [-0.3, -0.25) is 14.4 Å². The quantitative estimate of drug-likeness (QED) is 0.838. The van der Waals surface area contributed by atoms with Crippen molar-refractivity contribution in [3.63, 3.8) is 0 Å². The van der Waals surface area contributed by atoms with Crippen molar-refractivity contribution in [1.82, 2.24) is 20.4 Å². The van der Waals surface area contributed by atoms with Crippen LogP contribution in [0.25, 0.3) is 0 Å². The lowest BCUT2D eigenvalue weighted by Gasteiger charge is -2.17. The van der Waals surface area contributed by atoms with Gasteiger partial charge in [0.25, 0.3) is 11.5 Å². The molecule has 1 aromatic heterocycles. The highest BCUT2D eigenvalue weighted by Crippen LogP contribution is 2.17. The molecule has 0 radical (unpaired) electrons. The normalized spacial score (nSPS) is 11.7. The number of halogens is 2. The second kappa shape index (κ2) is 6.99. The Morgan fingerprint density at radius 3 is 2.46 bits per heavy atom. The van der Waals surface area contributed by atoms with Crippen LogP contribution in [0.5, 0.6) is 0 Å². The van der Waals surface area contributed by atoms with Gasteiger partial charge < -0.3 is 10.6 Å². The predicted octanol–water partition coefficient (Wildman–Crippen LogP) is 0.276. The molecule has 2 rings (SSSR count). The zero-order valence-electron chi connectivity index (χ0n) is 12.8. The van der Waals surface area contributed by atoms with Gasteiger partial charge in [0, 0.05) is 20.2 Å². The maximum atomic E-state index is 13.4. The second-order valence-electron chi connectivity index (χ2n) is 4.87. The lowest BCUT2D eigenvalue weighted by Crippen LogP contribution is -2.40. The maximum Gasteiger partial charge on any atom is 0.272 e. The first-order chi connectivity index (χ1) is 11.3. The van der Waals surface area contributed by atoms with Gasteiger partial charge in [0.15, 0.2) is 11.6 Å². The molecule has 1 aromatic carbocycles. The van der Waals surface area contributed by atoms with Gasteiger partial charge in [-0.2, -0.15) is 5.10 Å². The maximum absolute atomic E-state index is 13.4. The highest BCUT2D eigenvalue weighted by atomic mass is 19.2. The summed E-state index contributed by atoms with van der Waals surface area (Å²) in [5.41, 5.74) is -0.449. The Balaban J connectivity index is 2.33. The van der Waals surface area contributed by atoms with Gasteiger partial charge in [0.1, 0.15) is 11.7 Å². The van der Waals surface area contributed by atoms with Crippen LogP contribution in [0.3, 0.4) is 0 Å². The van der Waals surface area contributed by atoms with E-state index in [4.69, 9.17) is 0 Å². The summed E-state index contributed by atoms with van der Waals surface area (Å²) < 4.78 is 27.4. The van der Waals surface area contributed by atoms with Crippen molar-refractivity contribution in [3.05, 3.63) is 63.6 Å². The monoisotopic (exact) mass is 336 g/mol. The van der Waals surface area contributed by atoms with Crippen molar-refractivity contribution in [2.24, 2.45) is 7.05 Å². The van der Waals surface area contributed by atoms with Gasteiger partial charge in [-0.1, -0.05) is 6.07 Å². The Morgan fingerprint density at radius 2 is 1.88 bits per heavy atom. The van der Waals surface area contributed by atoms with E-state index >= 15 is 0 Å². The van der Waals surface area contributed by atoms with Crippen LogP contribution in [0.15, 0.2) is 35.1 Å². The summed E-state index contributed by atoms with van der Waals surface area (Å²) in [5, 5.41) is 8.47. The van der Waals surface area contributed by atoms with Gasteiger partial charge in [-0.05, 0) is 23.8 Å². The molecule has 0 fully saturated rings. The fourth-order valence-electron chi connectivity index (χ4n) is 1.96. The Bertz CT molecular complexity index is 851. The van der Waals surface area contributed by atoms with Crippen molar-refractivity contribution in [2.45, 2.75) is 6.04 Å². The van der Waals surface area contributed by atoms with Gasteiger partial charge in [0.05, 0.1) is 0 Å². The summed E-state index contributed by atoms with van der Waals surface area (Å²) in [5.74, 6) is -3.58. The predicted molar refractivity (Wildman–Crippen MR) is 80.1 cm³/mol. The molecule has 1 atom stereocenters. The number of rotatable bonds is 4. The lowest BCUT2D eigenvalue weighted by molar-refractivity contribution is -0.122. The topological polar surface area (TPSA) is 93.1 Å². The van der Waals surface area contributed by atoms with E-state index in [1.54, 1.807) is 0 Å². The standard InChI is InChI=1S/C15H14F2N4O3/c1-18-15(24)13(8-3-4-9(16)10(17)7-8)19-14(23)11-5-6-12(22)21(2)20-11/h3-7,13H,1-2H3,(H,18,24)(H,19,23). The van der Waals surface area contributed by atoms with Gasteiger partial charge in [0.2, 0.25) is 5.91 Å². The minimum Gasteiger partial charge on any atom is -0.357 e. The smallest absolute Gasteiger partial charge is 0.272 e. The Hall–Kier alpha value is -3.10. The number of hydrogen-bond donors (Lipinski definition) is 2. The Kier molecular flexibility index (Phi) is 5.02. The molecule has 2 N–H and O–H groups in total. The third kappa shape index (κ3) is 3.62. The van der Waals surface area contributed by atoms with Crippen LogP contribution in [-0.2, 0) is 11.8 Å². The van der Waals surface area contributed by atoms with Crippen molar-refractivity contribution in [2.75, 3.05) is 7.05 Å². The molecule has 0 spiro atoms. The van der Waals surface area contributed by atoms with Crippen LogP contribution >= 0.6 is 0 Å². The molecule has 0 aliphatic heterocycles. The van der Waals surface area contributed by atoms with Gasteiger partial charge in [-0.25, -0.2) is 13.5 Å². The van der Waals surface area contributed by atoms with Gasteiger partial charge in [-0.15, -0.1) is 0 Å². The van der Waals surface area contributed by atoms with Crippen LogP contribution in [0, 0.1) is 11.6 Å². The largest absolute Gasteiger partial charge is 0.357 e. The first-order valence-corrected chi connectivity index (χ1v) is 6.85. The van der Waals surface area contributed by atoms with E-state index < -0.39 is 35.0 Å². The molecular weight excluding hydrogens is 322 g/mol. The third-order valence-electron chi connectivity index (χ3n) is 3.25. The molecule has 2 aromatic rings. The van der Waals surface area contributed by atoms with E-state index in [1.807, 2.05) is 0 Å². The summed E-state index contributed by atoms with van der Waals surface area (Å²) in [7, 11) is 2.70. The summed E-state index contributed by atoms with van der Waals surface area (Å²) in [4.78, 5) is 35.5. The highest BCUT2D eigenvalue weighted by molar-refractivity contribution is 5.96. The molecule has 7 nitrogen and oxygen atoms in total. The Labute approximate surface area is 135 Å². The van der Waals surface area contributed by atoms with E-state index in [1.165, 1.54) is 26.2 Å². The summed E-state index contributed by atoms with van der Waals surface area (Å²) >= 11 is 0. The first-order valence-electron chi connectivity index (χ1n) is 6.85. The minimum atomic E-state index is -1.25. The molecule has 9 heteroatoms. The average molecular weight is 336 g/mol. The van der Waals surface area contributed by atoms with Crippen LogP contribution in [0.1, 0.15) is 22.1 Å². The average Bonchev–Trinajstić information content (AvgIpc) is 2.56. The number of likely N-dealkylation sites (N-methyl/N-ethyl adjacent to an activating group) is 1. The van der Waals surface area contributed by atoms with E-state index in [9.17, 15) is 23.2 Å². The van der Waals surface area contributed by atoms with Crippen LogP contribution < -0.4 is 16.2 Å². The van der Waals surface area contributed by atoms with Crippen LogP contribution in [0.4, 0.5) is 8.78 Å². The molecule has 0 aliphatic carbocycles. The summed E-state index contributed by atoms with van der Waals surface area (Å²) in [6.45, 7) is 0. The van der Waals surface area contributed by atoms with E-state index in [-0.39, 0.29) is 11.3 Å². The number of hydrogen-bond acceptors (Lipinski definition) is 4. The third-order valence-corrected chi connectivity index (χ3v) is 3.25. The van der Waals surface area contributed by atoms with Crippen LogP contribution in [-0.4, -0.2) is 28.6 Å². The minimum absolute atomic E-state index is 0.0615. The first kappa shape index (κ1) is 17.3. The fraction of sp³-hybridized carbons (Fsp3) is 0.200. The number of nitrogens with one attached hydrogen (secondary N) is 2. The van der Waals surface area contributed by atoms with E-state index in [0.717, 1.165) is 22.9 Å². The molecule has 1 heterocycles. The van der Waals surface area contributed by atoms with Crippen molar-refractivity contribution >= 4 is 11.8 Å². The zero-order valence-corrected chi connectivity index (χ0v) is 12.8. The molecule has 0 aliphatic rings. The zero-order chi connectivity index (χ0) is 17.9. The molecule has 0 saturated carbocycles. The summed E-state index contributed by atoms with van der Waals surface area (Å²) in [6.07, 6.45) is 0. The SMILES string of the molecule is CNC(=O)C(NC(=O)c1ccc(=O)n(C)n1)c1ccc(F)c(F)c1. The number of aromatic nitrogens is 2. The molecule has 0 bridgehead atoms. The van der Waals surface area contributed by atoms with E-state index in [0.29, 0.717) is 0 Å². The molecule has 126 valence electrons. The van der Waals surface area contributed by atoms with Crippen molar-refractivity contribution < 1.29 is 18.4 Å². The van der Waals surface area contributed by atoms with Gasteiger partial charge >= 0.3 is 0 Å². The van der Waals surface area contributed by atoms with E-state index in [2.05, 4.69) is 15.7 Å². The lowest BCUT2D eigenvalue weighted by atomic mass is 10.1. The number of benzene rings is 1. The summed E-state index contributed by atoms with van der Waals surface area (Å²) in [6, 6.07) is 3.96. The fourth-order valence-corrected chi connectivity index (χ4v) is 1.96. The number of aryl methyl sites for hydroxylation is 1. The van der Waals surface area contributed by atoms with Crippen molar-refractivity contribution in [3.8, 4) is 0 Å². The van der Waals surface area contributed by atoms with Crippen molar-refractivity contribution in [1.29, 1.82) is 0 Å². The second-order valence-corrected chi connectivity index (χ2v) is 4.87. The van der Waals surface area contributed by atoms with Crippen LogP contribution in [0.2, 0.25) is 0 Å². The number of nitrogens with zero attached hydrogens (tertiary/aromatic N) is 2. The number of carbonyl (C=O) groups excluding carboxylic acids is 2. The molecule has 1 unspecified atom stereocenters. The molecule has 24 heavy (non-hydrogen) atoms.